The summed E-state index contributed by atoms with van der Waals surface area (Å²) in [4.78, 5) is 0. The molecule has 1 rings (SSSR count). The van der Waals surface area contributed by atoms with Crippen LogP contribution in [-0.2, 0) is 4.74 Å². The second kappa shape index (κ2) is 5.44. The summed E-state index contributed by atoms with van der Waals surface area (Å²) in [6.07, 6.45) is 0. The second-order valence-electron chi connectivity index (χ2n) is 3.16. The molecular weight excluding hydrogens is 221 g/mol. The van der Waals surface area contributed by atoms with Gasteiger partial charge < -0.3 is 10.1 Å². The Balaban J connectivity index is 2.66. The van der Waals surface area contributed by atoms with Crippen LogP contribution in [0.2, 0.25) is 10.0 Å². The molecule has 0 saturated carbocycles. The molecule has 0 spiro atoms. The molecule has 1 unspecified atom stereocenters. The fraction of sp³-hybridized carbons (Fsp3) is 0.400. The molecule has 4 heteroatoms. The Morgan fingerprint density at radius 1 is 1.29 bits per heavy atom. The molecule has 0 bridgehead atoms. The van der Waals surface area contributed by atoms with Gasteiger partial charge in [0.25, 0.3) is 0 Å². The molecular formula is C10H13Cl2NO. The van der Waals surface area contributed by atoms with Gasteiger partial charge in [0.05, 0.1) is 6.61 Å². The maximum absolute atomic E-state index is 5.85. The Bertz CT molecular complexity index is 284. The molecule has 1 N–H and O–H groups in total. The highest BCUT2D eigenvalue weighted by Crippen LogP contribution is 2.22. The third-order valence-electron chi connectivity index (χ3n) is 1.69. The summed E-state index contributed by atoms with van der Waals surface area (Å²) in [7, 11) is 1.67. The van der Waals surface area contributed by atoms with Gasteiger partial charge in [-0.3, -0.25) is 0 Å². The number of rotatable bonds is 4. The van der Waals surface area contributed by atoms with E-state index in [4.69, 9.17) is 27.9 Å². The number of hydrogen-bond donors (Lipinski definition) is 1. The molecule has 0 aliphatic rings. The average molecular weight is 234 g/mol. The van der Waals surface area contributed by atoms with Crippen LogP contribution < -0.4 is 5.32 Å². The van der Waals surface area contributed by atoms with Crippen molar-refractivity contribution in [1.29, 1.82) is 0 Å². The van der Waals surface area contributed by atoms with E-state index in [0.29, 0.717) is 16.7 Å². The summed E-state index contributed by atoms with van der Waals surface area (Å²) in [5.41, 5.74) is 0.909. The average Bonchev–Trinajstić information content (AvgIpc) is 2.01. The number of nitrogens with one attached hydrogen (secondary N) is 1. The topological polar surface area (TPSA) is 21.3 Å². The molecule has 1 aromatic rings. The Hall–Kier alpha value is -0.440. The summed E-state index contributed by atoms with van der Waals surface area (Å²) < 4.78 is 5.01. The van der Waals surface area contributed by atoms with Gasteiger partial charge in [0.15, 0.2) is 0 Å². The largest absolute Gasteiger partial charge is 0.383 e. The van der Waals surface area contributed by atoms with Crippen LogP contribution in [0.25, 0.3) is 0 Å². The first-order chi connectivity index (χ1) is 6.61. The van der Waals surface area contributed by atoms with E-state index >= 15 is 0 Å². The number of benzene rings is 1. The van der Waals surface area contributed by atoms with E-state index < -0.39 is 0 Å². The van der Waals surface area contributed by atoms with Crippen LogP contribution in [0.15, 0.2) is 18.2 Å². The van der Waals surface area contributed by atoms with E-state index in [9.17, 15) is 0 Å². The SMILES string of the molecule is COCC(C)Nc1cc(Cl)cc(Cl)c1. The van der Waals surface area contributed by atoms with Crippen molar-refractivity contribution in [3.63, 3.8) is 0 Å². The molecule has 2 nitrogen and oxygen atoms in total. The molecule has 1 aromatic carbocycles. The molecule has 0 aromatic heterocycles. The number of hydrogen-bond acceptors (Lipinski definition) is 2. The smallest absolute Gasteiger partial charge is 0.0661 e. The van der Waals surface area contributed by atoms with Crippen LogP contribution in [0.5, 0.6) is 0 Å². The molecule has 14 heavy (non-hydrogen) atoms. The highest BCUT2D eigenvalue weighted by Gasteiger charge is 2.02. The number of ether oxygens (including phenoxy) is 1. The van der Waals surface area contributed by atoms with E-state index in [0.717, 1.165) is 5.69 Å². The minimum atomic E-state index is 0.231. The molecule has 0 amide bonds. The monoisotopic (exact) mass is 233 g/mol. The van der Waals surface area contributed by atoms with E-state index in [1.165, 1.54) is 0 Å². The van der Waals surface area contributed by atoms with Crippen LogP contribution in [-0.4, -0.2) is 19.8 Å². The van der Waals surface area contributed by atoms with Gasteiger partial charge in [-0.2, -0.15) is 0 Å². The lowest BCUT2D eigenvalue weighted by atomic mass is 10.3. The van der Waals surface area contributed by atoms with Crippen molar-refractivity contribution in [2.24, 2.45) is 0 Å². The molecule has 1 atom stereocenters. The van der Waals surface area contributed by atoms with Crippen molar-refractivity contribution in [3.8, 4) is 0 Å². The standard InChI is InChI=1S/C10H13Cl2NO/c1-7(6-14-2)13-10-4-8(11)3-9(12)5-10/h3-5,7,13H,6H2,1-2H3. The zero-order chi connectivity index (χ0) is 10.6. The predicted molar refractivity (Wildman–Crippen MR) is 61.4 cm³/mol. The van der Waals surface area contributed by atoms with Gasteiger partial charge in [-0.1, -0.05) is 23.2 Å². The lowest BCUT2D eigenvalue weighted by Crippen LogP contribution is -2.20. The highest BCUT2D eigenvalue weighted by atomic mass is 35.5. The fourth-order valence-electron chi connectivity index (χ4n) is 1.21. The van der Waals surface area contributed by atoms with Gasteiger partial charge in [0, 0.05) is 28.9 Å². The lowest BCUT2D eigenvalue weighted by Gasteiger charge is -2.14. The van der Waals surface area contributed by atoms with E-state index in [-0.39, 0.29) is 6.04 Å². The zero-order valence-corrected chi connectivity index (χ0v) is 9.69. The first-order valence-corrected chi connectivity index (χ1v) is 5.09. The maximum Gasteiger partial charge on any atom is 0.0661 e. The van der Waals surface area contributed by atoms with Crippen LogP contribution in [0.4, 0.5) is 5.69 Å². The molecule has 0 fully saturated rings. The first-order valence-electron chi connectivity index (χ1n) is 4.33. The van der Waals surface area contributed by atoms with Gasteiger partial charge in [0.2, 0.25) is 0 Å². The normalized spacial score (nSPS) is 12.6. The van der Waals surface area contributed by atoms with Gasteiger partial charge in [0.1, 0.15) is 0 Å². The molecule has 0 radical (unpaired) electrons. The first kappa shape index (κ1) is 11.6. The maximum atomic E-state index is 5.85. The Morgan fingerprint density at radius 2 is 1.86 bits per heavy atom. The van der Waals surface area contributed by atoms with E-state index in [1.54, 1.807) is 13.2 Å². The van der Waals surface area contributed by atoms with Crippen LogP contribution in [0.3, 0.4) is 0 Å². The van der Waals surface area contributed by atoms with E-state index in [2.05, 4.69) is 5.32 Å². The molecule has 0 saturated heterocycles. The van der Waals surface area contributed by atoms with Crippen LogP contribution >= 0.6 is 23.2 Å². The predicted octanol–water partition coefficient (Wildman–Crippen LogP) is 3.44. The van der Waals surface area contributed by atoms with Crippen molar-refractivity contribution < 1.29 is 4.74 Å². The summed E-state index contributed by atoms with van der Waals surface area (Å²) in [5, 5.41) is 4.49. The van der Waals surface area contributed by atoms with Crippen molar-refractivity contribution in [2.45, 2.75) is 13.0 Å². The summed E-state index contributed by atoms with van der Waals surface area (Å²) in [6.45, 7) is 2.67. The fourth-order valence-corrected chi connectivity index (χ4v) is 1.74. The highest BCUT2D eigenvalue weighted by molar-refractivity contribution is 6.35. The molecule has 78 valence electrons. The van der Waals surface area contributed by atoms with Crippen molar-refractivity contribution in [3.05, 3.63) is 28.2 Å². The van der Waals surface area contributed by atoms with E-state index in [1.807, 2.05) is 19.1 Å². The van der Waals surface area contributed by atoms with Gasteiger partial charge >= 0.3 is 0 Å². The third kappa shape index (κ3) is 3.74. The van der Waals surface area contributed by atoms with Crippen molar-refractivity contribution in [1.82, 2.24) is 0 Å². The summed E-state index contributed by atoms with van der Waals surface area (Å²) >= 11 is 11.7. The Kier molecular flexibility index (Phi) is 4.52. The lowest BCUT2D eigenvalue weighted by molar-refractivity contribution is 0.190. The summed E-state index contributed by atoms with van der Waals surface area (Å²) in [6, 6.07) is 5.60. The number of anilines is 1. The summed E-state index contributed by atoms with van der Waals surface area (Å²) in [5.74, 6) is 0. The third-order valence-corrected chi connectivity index (χ3v) is 2.13. The minimum absolute atomic E-state index is 0.231. The van der Waals surface area contributed by atoms with Gasteiger partial charge in [-0.15, -0.1) is 0 Å². The number of methoxy groups -OCH3 is 1. The minimum Gasteiger partial charge on any atom is -0.383 e. The second-order valence-corrected chi connectivity index (χ2v) is 4.03. The van der Waals surface area contributed by atoms with Crippen molar-refractivity contribution in [2.75, 3.05) is 19.0 Å². The van der Waals surface area contributed by atoms with Crippen molar-refractivity contribution >= 4 is 28.9 Å². The Labute approximate surface area is 94.2 Å². The number of halogens is 2. The Morgan fingerprint density at radius 3 is 2.36 bits per heavy atom. The van der Waals surface area contributed by atoms with Crippen LogP contribution in [0, 0.1) is 0 Å². The molecule has 0 aliphatic carbocycles. The molecule has 0 heterocycles. The van der Waals surface area contributed by atoms with Gasteiger partial charge in [-0.05, 0) is 25.1 Å². The van der Waals surface area contributed by atoms with Gasteiger partial charge in [-0.25, -0.2) is 0 Å². The zero-order valence-electron chi connectivity index (χ0n) is 8.18. The van der Waals surface area contributed by atoms with Crippen LogP contribution in [0.1, 0.15) is 6.92 Å². The molecule has 0 aliphatic heterocycles. The quantitative estimate of drug-likeness (QED) is 0.861.